The molecule has 0 unspecified atom stereocenters. The number of rotatable bonds is 3. The molecule has 1 fully saturated rings. The number of hydrogen-bond acceptors (Lipinski definition) is 7. The fourth-order valence-electron chi connectivity index (χ4n) is 2.33. The average molecular weight is 339 g/mol. The van der Waals surface area contributed by atoms with Crippen LogP contribution in [0.4, 0.5) is 10.8 Å². The van der Waals surface area contributed by atoms with Gasteiger partial charge in [-0.15, -0.1) is 0 Å². The van der Waals surface area contributed by atoms with E-state index in [1.165, 1.54) is 6.26 Å². The van der Waals surface area contributed by atoms with E-state index in [-0.39, 0.29) is 18.4 Å². The first-order valence-corrected chi connectivity index (χ1v) is 8.15. The van der Waals surface area contributed by atoms with Gasteiger partial charge < -0.3 is 23.7 Å². The highest BCUT2D eigenvalue weighted by molar-refractivity contribution is 5.87. The molecule has 1 amide bonds. The van der Waals surface area contributed by atoms with Gasteiger partial charge in [-0.3, -0.25) is 0 Å². The Bertz CT molecular complexity index is 579. The van der Waals surface area contributed by atoms with Crippen LogP contribution in [0.15, 0.2) is 10.7 Å². The van der Waals surface area contributed by atoms with Crippen LogP contribution in [0.25, 0.3) is 0 Å². The first-order chi connectivity index (χ1) is 11.3. The van der Waals surface area contributed by atoms with E-state index in [0.717, 1.165) is 6.42 Å². The van der Waals surface area contributed by atoms with Gasteiger partial charge in [0.25, 0.3) is 6.01 Å². The van der Waals surface area contributed by atoms with E-state index in [4.69, 9.17) is 13.9 Å². The van der Waals surface area contributed by atoms with E-state index >= 15 is 0 Å². The van der Waals surface area contributed by atoms with Crippen molar-refractivity contribution in [1.29, 1.82) is 0 Å². The van der Waals surface area contributed by atoms with Crippen LogP contribution in [-0.2, 0) is 9.47 Å². The molecule has 1 aliphatic heterocycles. The fraction of sp³-hybridized carbons (Fsp3) is 0.688. The fourth-order valence-corrected chi connectivity index (χ4v) is 2.33. The summed E-state index contributed by atoms with van der Waals surface area (Å²) in [4.78, 5) is 31.6. The quantitative estimate of drug-likeness (QED) is 0.781. The predicted octanol–water partition coefficient (Wildman–Crippen LogP) is 2.30. The van der Waals surface area contributed by atoms with Crippen molar-refractivity contribution in [1.82, 2.24) is 9.88 Å². The van der Waals surface area contributed by atoms with Crippen molar-refractivity contribution in [2.75, 3.05) is 37.7 Å². The maximum absolute atomic E-state index is 12.2. The molecule has 0 radical (unpaired) electrons. The molecule has 1 aliphatic rings. The molecule has 0 N–H and O–H groups in total. The van der Waals surface area contributed by atoms with E-state index in [1.54, 1.807) is 11.8 Å². The molecule has 134 valence electrons. The van der Waals surface area contributed by atoms with Gasteiger partial charge in [0.05, 0.1) is 6.61 Å². The normalized spacial score (nSPS) is 15.8. The highest BCUT2D eigenvalue weighted by atomic mass is 16.6. The maximum atomic E-state index is 12.2. The average Bonchev–Trinajstić information content (AvgIpc) is 2.84. The monoisotopic (exact) mass is 339 g/mol. The van der Waals surface area contributed by atoms with Crippen LogP contribution in [0.1, 0.15) is 44.6 Å². The zero-order chi connectivity index (χ0) is 17.7. The molecule has 0 spiro atoms. The van der Waals surface area contributed by atoms with Crippen LogP contribution in [0.5, 0.6) is 0 Å². The lowest BCUT2D eigenvalue weighted by Gasteiger charge is -2.26. The van der Waals surface area contributed by atoms with Crippen molar-refractivity contribution in [3.63, 3.8) is 0 Å². The molecule has 1 aromatic rings. The molecule has 0 aliphatic carbocycles. The summed E-state index contributed by atoms with van der Waals surface area (Å²) in [5.41, 5.74) is -0.361. The zero-order valence-electron chi connectivity index (χ0n) is 14.7. The molecule has 2 rings (SSSR count). The van der Waals surface area contributed by atoms with E-state index < -0.39 is 11.6 Å². The van der Waals surface area contributed by atoms with Crippen LogP contribution in [0, 0.1) is 0 Å². The Morgan fingerprint density at radius 2 is 2.00 bits per heavy atom. The second-order valence-electron chi connectivity index (χ2n) is 6.54. The molecule has 2 heterocycles. The van der Waals surface area contributed by atoms with Gasteiger partial charge in [-0.05, 0) is 34.1 Å². The third-order valence-electron chi connectivity index (χ3n) is 3.39. The van der Waals surface area contributed by atoms with Crippen molar-refractivity contribution in [3.05, 3.63) is 12.0 Å². The minimum absolute atomic E-state index is 0.153. The summed E-state index contributed by atoms with van der Waals surface area (Å²) >= 11 is 0. The summed E-state index contributed by atoms with van der Waals surface area (Å²) in [6.45, 7) is 9.91. The van der Waals surface area contributed by atoms with E-state index in [1.807, 2.05) is 25.7 Å². The molecular formula is C16H25N3O5. The number of esters is 1. The molecule has 0 saturated carbocycles. The highest BCUT2D eigenvalue weighted by Gasteiger charge is 2.26. The lowest BCUT2D eigenvalue weighted by molar-refractivity contribution is 0.0263. The SMILES string of the molecule is CCOC(=O)c1coc(N2CCCN(C(=O)OC(C)(C)C)CC2)n1. The Balaban J connectivity index is 1.96. The smallest absolute Gasteiger partial charge is 0.410 e. The second kappa shape index (κ2) is 7.55. The van der Waals surface area contributed by atoms with Gasteiger partial charge in [0.2, 0.25) is 0 Å². The molecule has 0 bridgehead atoms. The largest absolute Gasteiger partial charge is 0.461 e. The number of anilines is 1. The summed E-state index contributed by atoms with van der Waals surface area (Å²) < 4.78 is 15.7. The van der Waals surface area contributed by atoms with Gasteiger partial charge in [-0.2, -0.15) is 4.98 Å². The predicted molar refractivity (Wildman–Crippen MR) is 87.1 cm³/mol. The topological polar surface area (TPSA) is 85.1 Å². The third kappa shape index (κ3) is 4.87. The van der Waals surface area contributed by atoms with E-state index in [0.29, 0.717) is 32.2 Å². The molecule has 0 atom stereocenters. The Labute approximate surface area is 141 Å². The van der Waals surface area contributed by atoms with Crippen LogP contribution < -0.4 is 4.90 Å². The Morgan fingerprint density at radius 3 is 2.67 bits per heavy atom. The van der Waals surface area contributed by atoms with Crippen LogP contribution in [-0.4, -0.2) is 60.3 Å². The number of aromatic nitrogens is 1. The molecule has 8 nitrogen and oxygen atoms in total. The molecule has 8 heteroatoms. The van der Waals surface area contributed by atoms with Gasteiger partial charge in [0, 0.05) is 26.2 Å². The number of hydrogen-bond donors (Lipinski definition) is 0. The van der Waals surface area contributed by atoms with Gasteiger partial charge >= 0.3 is 12.1 Å². The van der Waals surface area contributed by atoms with E-state index in [9.17, 15) is 9.59 Å². The van der Waals surface area contributed by atoms with Crippen LogP contribution >= 0.6 is 0 Å². The second-order valence-corrected chi connectivity index (χ2v) is 6.54. The Hall–Kier alpha value is -2.25. The van der Waals surface area contributed by atoms with Gasteiger partial charge in [0.15, 0.2) is 5.69 Å². The number of ether oxygens (including phenoxy) is 2. The summed E-state index contributed by atoms with van der Waals surface area (Å²) in [7, 11) is 0. The van der Waals surface area contributed by atoms with Crippen molar-refractivity contribution in [3.8, 4) is 0 Å². The first-order valence-electron chi connectivity index (χ1n) is 8.15. The number of oxazole rings is 1. The lowest BCUT2D eigenvalue weighted by Crippen LogP contribution is -2.39. The molecule has 24 heavy (non-hydrogen) atoms. The number of amides is 1. The number of carbonyl (C=O) groups excluding carboxylic acids is 2. The van der Waals surface area contributed by atoms with Crippen molar-refractivity contribution < 1.29 is 23.5 Å². The molecule has 1 saturated heterocycles. The van der Waals surface area contributed by atoms with Crippen LogP contribution in [0.3, 0.4) is 0 Å². The molecular weight excluding hydrogens is 314 g/mol. The standard InChI is InChI=1S/C16H25N3O5/c1-5-22-13(20)12-11-23-14(17-12)18-7-6-8-19(10-9-18)15(21)24-16(2,3)4/h11H,5-10H2,1-4H3. The first kappa shape index (κ1) is 18.1. The van der Waals surface area contributed by atoms with Crippen molar-refractivity contribution in [2.24, 2.45) is 0 Å². The number of nitrogens with zero attached hydrogens (tertiary/aromatic N) is 3. The van der Waals surface area contributed by atoms with Gasteiger partial charge in [0.1, 0.15) is 11.9 Å². The minimum atomic E-state index is -0.514. The highest BCUT2D eigenvalue weighted by Crippen LogP contribution is 2.18. The Morgan fingerprint density at radius 1 is 1.25 bits per heavy atom. The van der Waals surface area contributed by atoms with Crippen LogP contribution in [0.2, 0.25) is 0 Å². The lowest BCUT2D eigenvalue weighted by atomic mass is 10.2. The summed E-state index contributed by atoms with van der Waals surface area (Å²) in [6.07, 6.45) is 1.74. The maximum Gasteiger partial charge on any atom is 0.410 e. The molecule has 1 aromatic heterocycles. The summed E-state index contributed by atoms with van der Waals surface area (Å²) in [5, 5.41) is 0. The van der Waals surface area contributed by atoms with Gasteiger partial charge in [-0.25, -0.2) is 9.59 Å². The number of carbonyl (C=O) groups is 2. The van der Waals surface area contributed by atoms with E-state index in [2.05, 4.69) is 4.98 Å². The van der Waals surface area contributed by atoms with Crippen molar-refractivity contribution >= 4 is 18.1 Å². The van der Waals surface area contributed by atoms with Gasteiger partial charge in [-0.1, -0.05) is 0 Å². The van der Waals surface area contributed by atoms with Crippen molar-refractivity contribution in [2.45, 2.75) is 39.7 Å². The third-order valence-corrected chi connectivity index (χ3v) is 3.39. The molecule has 0 aromatic carbocycles. The minimum Gasteiger partial charge on any atom is -0.461 e. The Kier molecular flexibility index (Phi) is 5.69. The summed E-state index contributed by atoms with van der Waals surface area (Å²) in [6, 6.07) is 0.365. The summed E-state index contributed by atoms with van der Waals surface area (Å²) in [5.74, 6) is -0.502. The zero-order valence-corrected chi connectivity index (χ0v) is 14.7.